The van der Waals surface area contributed by atoms with Crippen LogP contribution in [0.3, 0.4) is 0 Å². The average molecular weight is 169 g/mol. The Morgan fingerprint density at radius 3 is 3.18 bits per heavy atom. The molecule has 1 N–H and O–H groups in total. The summed E-state index contributed by atoms with van der Waals surface area (Å²) in [5.74, 6) is 0. The predicted octanol–water partition coefficient (Wildman–Crippen LogP) is 1.67. The van der Waals surface area contributed by atoms with Gasteiger partial charge in [-0.05, 0) is 24.7 Å². The first kappa shape index (κ1) is 8.63. The molecular formula is C8H11NOS. The summed E-state index contributed by atoms with van der Waals surface area (Å²) >= 11 is 1.72. The van der Waals surface area contributed by atoms with Crippen LogP contribution in [-0.4, -0.2) is 17.0 Å². The van der Waals surface area contributed by atoms with E-state index in [0.717, 1.165) is 24.8 Å². The van der Waals surface area contributed by atoms with Crippen LogP contribution in [0.25, 0.3) is 0 Å². The minimum atomic E-state index is 0.263. The predicted molar refractivity (Wildman–Crippen MR) is 46.0 cm³/mol. The Kier molecular flexibility index (Phi) is 3.47. The molecule has 1 aliphatic rings. The van der Waals surface area contributed by atoms with Crippen molar-refractivity contribution >= 4 is 11.8 Å². The molecule has 0 spiro atoms. The zero-order valence-electron chi connectivity index (χ0n) is 6.29. The first-order valence-corrected chi connectivity index (χ1v) is 4.66. The Morgan fingerprint density at radius 1 is 1.82 bits per heavy atom. The van der Waals surface area contributed by atoms with Gasteiger partial charge in [-0.15, -0.1) is 11.8 Å². The zero-order chi connectivity index (χ0) is 8.10. The van der Waals surface area contributed by atoms with Crippen LogP contribution in [0.5, 0.6) is 0 Å². The molecule has 0 amide bonds. The molecule has 0 aliphatic carbocycles. The van der Waals surface area contributed by atoms with E-state index in [0.29, 0.717) is 5.25 Å². The summed E-state index contributed by atoms with van der Waals surface area (Å²) in [4.78, 5) is 0. The lowest BCUT2D eigenvalue weighted by molar-refractivity contribution is 0.284. The van der Waals surface area contributed by atoms with Gasteiger partial charge in [-0.1, -0.05) is 0 Å². The average Bonchev–Trinajstić information content (AvgIpc) is 2.48. The van der Waals surface area contributed by atoms with E-state index < -0.39 is 0 Å². The molecule has 1 unspecified atom stereocenters. The van der Waals surface area contributed by atoms with Crippen LogP contribution in [0.2, 0.25) is 0 Å². The Morgan fingerprint density at radius 2 is 2.64 bits per heavy atom. The van der Waals surface area contributed by atoms with Crippen LogP contribution in [0.4, 0.5) is 0 Å². The second-order valence-electron chi connectivity index (χ2n) is 2.58. The van der Waals surface area contributed by atoms with Gasteiger partial charge < -0.3 is 5.11 Å². The van der Waals surface area contributed by atoms with Gasteiger partial charge in [-0.3, -0.25) is 0 Å². The van der Waals surface area contributed by atoms with Gasteiger partial charge in [0.05, 0.1) is 6.07 Å². The van der Waals surface area contributed by atoms with Gasteiger partial charge in [0.15, 0.2) is 0 Å². The molecule has 1 rings (SSSR count). The van der Waals surface area contributed by atoms with E-state index in [9.17, 15) is 0 Å². The number of nitriles is 1. The molecule has 0 aromatic rings. The highest BCUT2D eigenvalue weighted by molar-refractivity contribution is 8.03. The van der Waals surface area contributed by atoms with Crippen LogP contribution in [0.15, 0.2) is 11.0 Å². The monoisotopic (exact) mass is 169 g/mol. The van der Waals surface area contributed by atoms with Crippen molar-refractivity contribution in [3.05, 3.63) is 11.0 Å². The fourth-order valence-electron chi connectivity index (χ4n) is 1.08. The van der Waals surface area contributed by atoms with E-state index in [4.69, 9.17) is 10.4 Å². The third-order valence-corrected chi connectivity index (χ3v) is 2.89. The van der Waals surface area contributed by atoms with Gasteiger partial charge >= 0.3 is 0 Å². The summed E-state index contributed by atoms with van der Waals surface area (Å²) < 4.78 is 0. The molecule has 0 bridgehead atoms. The highest BCUT2D eigenvalue weighted by Crippen LogP contribution is 2.32. The van der Waals surface area contributed by atoms with E-state index >= 15 is 0 Å². The van der Waals surface area contributed by atoms with Crippen LogP contribution in [0.1, 0.15) is 19.3 Å². The van der Waals surface area contributed by atoms with Crippen LogP contribution >= 0.6 is 11.8 Å². The third kappa shape index (κ3) is 2.57. The van der Waals surface area contributed by atoms with Crippen LogP contribution in [0, 0.1) is 11.3 Å². The second-order valence-corrected chi connectivity index (χ2v) is 3.76. The molecule has 0 fully saturated rings. The van der Waals surface area contributed by atoms with Gasteiger partial charge in [0.25, 0.3) is 0 Å². The maximum absolute atomic E-state index is 8.56. The number of nitrogens with zero attached hydrogens (tertiary/aromatic N) is 1. The molecule has 0 saturated heterocycles. The molecule has 11 heavy (non-hydrogen) atoms. The first-order chi connectivity index (χ1) is 5.36. The van der Waals surface area contributed by atoms with E-state index in [-0.39, 0.29) is 6.61 Å². The fourth-order valence-corrected chi connectivity index (χ4v) is 2.17. The second kappa shape index (κ2) is 4.42. The smallest absolute Gasteiger partial charge is 0.0952 e. The maximum Gasteiger partial charge on any atom is 0.0952 e. The van der Waals surface area contributed by atoms with Crippen molar-refractivity contribution in [1.29, 1.82) is 5.26 Å². The number of rotatable bonds is 3. The number of thioether (sulfide) groups is 1. The van der Waals surface area contributed by atoms with Gasteiger partial charge in [0.1, 0.15) is 0 Å². The summed E-state index contributed by atoms with van der Waals surface area (Å²) in [6.45, 7) is 0.263. The largest absolute Gasteiger partial charge is 0.396 e. The molecule has 0 aromatic heterocycles. The van der Waals surface area contributed by atoms with Gasteiger partial charge in [-0.25, -0.2) is 0 Å². The third-order valence-electron chi connectivity index (χ3n) is 1.68. The van der Waals surface area contributed by atoms with Crippen molar-refractivity contribution in [2.75, 3.05) is 6.61 Å². The molecular weight excluding hydrogens is 158 g/mol. The van der Waals surface area contributed by atoms with Crippen LogP contribution in [-0.2, 0) is 0 Å². The van der Waals surface area contributed by atoms with Gasteiger partial charge in [-0.2, -0.15) is 5.26 Å². The molecule has 3 heteroatoms. The number of hydrogen-bond donors (Lipinski definition) is 1. The SMILES string of the molecule is N#CC1=CSC(CCCO)C1. The topological polar surface area (TPSA) is 44.0 Å². The quantitative estimate of drug-likeness (QED) is 0.699. The van der Waals surface area contributed by atoms with E-state index in [1.165, 1.54) is 0 Å². The number of allylic oxidation sites excluding steroid dienone is 1. The summed E-state index contributed by atoms with van der Waals surface area (Å²) in [5.41, 5.74) is 0.887. The summed E-state index contributed by atoms with van der Waals surface area (Å²) in [7, 11) is 0. The van der Waals surface area contributed by atoms with E-state index in [2.05, 4.69) is 6.07 Å². The Labute approximate surface area is 70.9 Å². The molecule has 0 radical (unpaired) electrons. The molecule has 2 nitrogen and oxygen atoms in total. The Bertz CT molecular complexity index is 195. The van der Waals surface area contributed by atoms with Crippen LogP contribution < -0.4 is 0 Å². The molecule has 0 aromatic carbocycles. The Hall–Kier alpha value is -0.460. The number of hydrogen-bond acceptors (Lipinski definition) is 3. The fraction of sp³-hybridized carbons (Fsp3) is 0.625. The molecule has 0 saturated carbocycles. The first-order valence-electron chi connectivity index (χ1n) is 3.72. The highest BCUT2D eigenvalue weighted by atomic mass is 32.2. The van der Waals surface area contributed by atoms with Crippen molar-refractivity contribution in [2.24, 2.45) is 0 Å². The minimum Gasteiger partial charge on any atom is -0.396 e. The van der Waals surface area contributed by atoms with Crippen molar-refractivity contribution in [2.45, 2.75) is 24.5 Å². The van der Waals surface area contributed by atoms with Gasteiger partial charge in [0.2, 0.25) is 0 Å². The molecule has 1 aliphatic heterocycles. The molecule has 1 atom stereocenters. The van der Waals surface area contributed by atoms with E-state index in [1.54, 1.807) is 11.8 Å². The van der Waals surface area contributed by atoms with Crippen molar-refractivity contribution in [3.8, 4) is 6.07 Å². The normalized spacial score (nSPS) is 22.9. The minimum absolute atomic E-state index is 0.263. The summed E-state index contributed by atoms with van der Waals surface area (Å²) in [6.07, 6.45) is 2.76. The van der Waals surface area contributed by atoms with Crippen molar-refractivity contribution in [1.82, 2.24) is 0 Å². The van der Waals surface area contributed by atoms with Crippen molar-refractivity contribution < 1.29 is 5.11 Å². The van der Waals surface area contributed by atoms with E-state index in [1.807, 2.05) is 5.41 Å². The number of aliphatic hydroxyl groups excluding tert-OH is 1. The number of aliphatic hydroxyl groups is 1. The zero-order valence-corrected chi connectivity index (χ0v) is 7.10. The van der Waals surface area contributed by atoms with Crippen molar-refractivity contribution in [3.63, 3.8) is 0 Å². The molecule has 1 heterocycles. The highest BCUT2D eigenvalue weighted by Gasteiger charge is 2.16. The lowest BCUT2D eigenvalue weighted by Crippen LogP contribution is -1.99. The lowest BCUT2D eigenvalue weighted by Gasteiger charge is -2.05. The molecule has 60 valence electrons. The standard InChI is InChI=1S/C8H11NOS/c9-5-7-4-8(11-6-7)2-1-3-10/h6,8,10H,1-4H2. The lowest BCUT2D eigenvalue weighted by atomic mass is 10.1. The Balaban J connectivity index is 2.20. The van der Waals surface area contributed by atoms with Gasteiger partial charge in [0, 0.05) is 17.4 Å². The summed E-state index contributed by atoms with van der Waals surface area (Å²) in [6, 6.07) is 2.15. The summed E-state index contributed by atoms with van der Waals surface area (Å²) in [5, 5.41) is 19.6. The maximum atomic E-state index is 8.56.